The number of para-hydroxylation sites is 1. The molecule has 0 radical (unpaired) electrons. The fourth-order valence-corrected chi connectivity index (χ4v) is 4.67. The van der Waals surface area contributed by atoms with Gasteiger partial charge in [-0.2, -0.15) is 5.10 Å². The van der Waals surface area contributed by atoms with Gasteiger partial charge in [-0.3, -0.25) is 9.48 Å². The number of carbonyl (C=O) groups excluding carboxylic acids is 1. The maximum absolute atomic E-state index is 15.1. The molecule has 1 N–H and O–H groups in total. The van der Waals surface area contributed by atoms with Crippen LogP contribution in [0.5, 0.6) is 5.75 Å². The van der Waals surface area contributed by atoms with Crippen LogP contribution in [0.25, 0.3) is 17.8 Å². The predicted molar refractivity (Wildman–Crippen MR) is 126 cm³/mol. The molecule has 5 rings (SSSR count). The molecule has 170 valence electrons. The van der Waals surface area contributed by atoms with Gasteiger partial charge >= 0.3 is 0 Å². The van der Waals surface area contributed by atoms with Gasteiger partial charge in [0.05, 0.1) is 17.1 Å². The van der Waals surface area contributed by atoms with Gasteiger partial charge in [0, 0.05) is 37.5 Å². The average molecular weight is 447 g/mol. The number of piperidine rings is 1. The van der Waals surface area contributed by atoms with E-state index in [2.05, 4.69) is 18.0 Å². The van der Waals surface area contributed by atoms with Gasteiger partial charge in [-0.15, -0.1) is 0 Å². The maximum atomic E-state index is 15.1. The van der Waals surface area contributed by atoms with E-state index >= 15 is 4.39 Å². The molecule has 7 heteroatoms. The molecule has 1 unspecified atom stereocenters. The first-order chi connectivity index (χ1) is 16.1. The monoisotopic (exact) mass is 446 g/mol. The van der Waals surface area contributed by atoms with Crippen LogP contribution in [0.3, 0.4) is 0 Å². The van der Waals surface area contributed by atoms with Crippen molar-refractivity contribution in [1.82, 2.24) is 20.0 Å². The first-order valence-corrected chi connectivity index (χ1v) is 11.4. The van der Waals surface area contributed by atoms with Crippen LogP contribution < -0.4 is 20.6 Å². The second-order valence-electron chi connectivity index (χ2n) is 8.48. The van der Waals surface area contributed by atoms with Crippen LogP contribution in [0, 0.1) is 0 Å². The number of fused-ring (bicyclic) bond motifs is 1. The van der Waals surface area contributed by atoms with Crippen molar-refractivity contribution in [3.8, 4) is 5.75 Å². The van der Waals surface area contributed by atoms with Gasteiger partial charge in [0.25, 0.3) is 0 Å². The van der Waals surface area contributed by atoms with Crippen LogP contribution in [0.2, 0.25) is 0 Å². The normalized spacial score (nSPS) is 22.0. The zero-order chi connectivity index (χ0) is 22.8. The lowest BCUT2D eigenvalue weighted by Gasteiger charge is -2.32. The molecule has 1 aliphatic carbocycles. The lowest BCUT2D eigenvalue weighted by molar-refractivity contribution is -0.127. The van der Waals surface area contributed by atoms with Gasteiger partial charge in [0.2, 0.25) is 5.91 Å². The van der Waals surface area contributed by atoms with E-state index in [-0.39, 0.29) is 18.4 Å². The first-order valence-electron chi connectivity index (χ1n) is 11.4. The van der Waals surface area contributed by atoms with Crippen LogP contribution in [-0.4, -0.2) is 46.4 Å². The number of amides is 1. The minimum Gasteiger partial charge on any atom is -0.459 e. The number of likely N-dealkylation sites (tertiary alicyclic amines) is 1. The Balaban J connectivity index is 1.47. The lowest BCUT2D eigenvalue weighted by Crippen LogP contribution is -2.45. The molecule has 1 fully saturated rings. The average Bonchev–Trinajstić information content (AvgIpc) is 3.25. The van der Waals surface area contributed by atoms with E-state index in [1.165, 1.54) is 6.08 Å². The number of nitrogens with one attached hydrogen (secondary N) is 1. The number of halogens is 1. The summed E-state index contributed by atoms with van der Waals surface area (Å²) in [6.45, 7) is 5.66. The van der Waals surface area contributed by atoms with Crippen molar-refractivity contribution in [3.05, 3.63) is 77.2 Å². The Morgan fingerprint density at radius 2 is 2.12 bits per heavy atom. The quantitative estimate of drug-likeness (QED) is 0.717. The Labute approximate surface area is 192 Å². The van der Waals surface area contributed by atoms with Gasteiger partial charge in [-0.25, -0.2) is 4.39 Å². The van der Waals surface area contributed by atoms with Crippen molar-refractivity contribution in [2.45, 2.75) is 31.5 Å². The smallest absolute Gasteiger partial charge is 0.246 e. The summed E-state index contributed by atoms with van der Waals surface area (Å²) in [6, 6.07) is 9.32. The number of allylic oxidation sites excluding steroid dienone is 4. The highest BCUT2D eigenvalue weighted by molar-refractivity contribution is 5.87. The molecule has 0 spiro atoms. The highest BCUT2D eigenvalue weighted by Crippen LogP contribution is 2.29. The Morgan fingerprint density at radius 1 is 1.27 bits per heavy atom. The molecular formula is C26H27FN4O2. The summed E-state index contributed by atoms with van der Waals surface area (Å²) in [6.07, 6.45) is 9.83. The number of rotatable bonds is 5. The fraction of sp³-hybridized carbons (Fsp3) is 0.308. The zero-order valence-electron chi connectivity index (χ0n) is 18.4. The predicted octanol–water partition coefficient (Wildman–Crippen LogP) is 2.44. The standard InChI is InChI=1S/C26H27FN4O2/c1-2-25(32)30-14-6-7-19(17-30)31-23-12-13-28-16-21(23)26(29-31)18-10-11-24(22(27)15-18)33-20-8-4-3-5-9-20/h2-5,8-12,16,19,22,28H,1,6-7,13-15,17H2/t19-,22?/m1/s1. The number of aromatic nitrogens is 2. The van der Waals surface area contributed by atoms with E-state index in [9.17, 15) is 4.79 Å². The summed E-state index contributed by atoms with van der Waals surface area (Å²) in [7, 11) is 0. The third kappa shape index (κ3) is 4.23. The topological polar surface area (TPSA) is 59.4 Å². The molecule has 0 bridgehead atoms. The van der Waals surface area contributed by atoms with Crippen LogP contribution >= 0.6 is 0 Å². The van der Waals surface area contributed by atoms with Crippen molar-refractivity contribution in [2.75, 3.05) is 19.6 Å². The number of nitrogens with zero attached hydrogens (tertiary/aromatic N) is 3. The minimum atomic E-state index is -1.25. The molecule has 3 heterocycles. The van der Waals surface area contributed by atoms with Crippen molar-refractivity contribution in [1.29, 1.82) is 0 Å². The molecule has 33 heavy (non-hydrogen) atoms. The van der Waals surface area contributed by atoms with E-state index in [1.807, 2.05) is 52.2 Å². The van der Waals surface area contributed by atoms with Gasteiger partial charge < -0.3 is 15.0 Å². The molecule has 1 amide bonds. The molecule has 2 atom stereocenters. The van der Waals surface area contributed by atoms with Crippen molar-refractivity contribution >= 4 is 23.8 Å². The second-order valence-corrected chi connectivity index (χ2v) is 8.48. The fourth-order valence-electron chi connectivity index (χ4n) is 4.67. The van der Waals surface area contributed by atoms with Gasteiger partial charge in [0.1, 0.15) is 11.5 Å². The number of alkyl halides is 1. The van der Waals surface area contributed by atoms with E-state index in [1.54, 1.807) is 6.08 Å². The van der Waals surface area contributed by atoms with Crippen LogP contribution in [-0.2, 0) is 4.79 Å². The zero-order valence-corrected chi connectivity index (χ0v) is 18.4. The maximum Gasteiger partial charge on any atom is 0.246 e. The molecule has 2 aromatic rings. The molecule has 3 aliphatic rings. The molecular weight excluding hydrogens is 419 g/mol. The Bertz CT molecular complexity index is 1250. The molecule has 1 saturated heterocycles. The number of benzene rings is 1. The number of hydrogen-bond acceptors (Lipinski definition) is 4. The molecule has 6 nitrogen and oxygen atoms in total. The Morgan fingerprint density at radius 3 is 2.91 bits per heavy atom. The van der Waals surface area contributed by atoms with Crippen LogP contribution in [0.15, 0.2) is 60.9 Å². The Kier molecular flexibility index (Phi) is 5.86. The van der Waals surface area contributed by atoms with Gasteiger partial charge in [-0.05, 0) is 48.8 Å². The number of carbonyl (C=O) groups is 1. The summed E-state index contributed by atoms with van der Waals surface area (Å²) >= 11 is 0. The molecule has 1 aromatic carbocycles. The summed E-state index contributed by atoms with van der Waals surface area (Å²) < 4.78 is 22.9. The largest absolute Gasteiger partial charge is 0.459 e. The molecule has 2 aliphatic heterocycles. The molecule has 0 saturated carbocycles. The summed E-state index contributed by atoms with van der Waals surface area (Å²) in [5, 5.41) is 10.2. The van der Waals surface area contributed by atoms with E-state index in [0.717, 1.165) is 41.2 Å². The van der Waals surface area contributed by atoms with E-state index < -0.39 is 6.17 Å². The van der Waals surface area contributed by atoms with Crippen LogP contribution in [0.4, 0.5) is 4.39 Å². The Hall–Kier alpha value is -3.61. The number of ether oxygens (including phenoxy) is 1. The van der Waals surface area contributed by atoms with Gasteiger partial charge in [0.15, 0.2) is 6.17 Å². The third-order valence-corrected chi connectivity index (χ3v) is 6.31. The number of hydrogen-bond donors (Lipinski definition) is 1. The highest BCUT2D eigenvalue weighted by Gasteiger charge is 2.28. The van der Waals surface area contributed by atoms with Crippen molar-refractivity contribution in [2.24, 2.45) is 0 Å². The first kappa shape index (κ1) is 21.2. The SMILES string of the molecule is C=CC(=O)N1CCC[C@@H](n2nc(C3=CC=C(Oc4ccccc4)C(F)C3)c3c2=CCNC=3)C1. The second kappa shape index (κ2) is 9.10. The third-order valence-electron chi connectivity index (χ3n) is 6.31. The van der Waals surface area contributed by atoms with E-state index in [0.29, 0.717) is 24.6 Å². The van der Waals surface area contributed by atoms with Crippen molar-refractivity contribution < 1.29 is 13.9 Å². The summed E-state index contributed by atoms with van der Waals surface area (Å²) in [5.41, 5.74) is 1.61. The van der Waals surface area contributed by atoms with Crippen LogP contribution in [0.1, 0.15) is 31.0 Å². The lowest BCUT2D eigenvalue weighted by atomic mass is 9.98. The van der Waals surface area contributed by atoms with E-state index in [4.69, 9.17) is 9.84 Å². The minimum absolute atomic E-state index is 0.0514. The summed E-state index contributed by atoms with van der Waals surface area (Å²) in [4.78, 5) is 14.0. The summed E-state index contributed by atoms with van der Waals surface area (Å²) in [5.74, 6) is 0.871. The molecule has 1 aromatic heterocycles. The van der Waals surface area contributed by atoms with Gasteiger partial charge in [-0.1, -0.05) is 30.9 Å². The highest BCUT2D eigenvalue weighted by atomic mass is 19.1. The van der Waals surface area contributed by atoms with Crippen molar-refractivity contribution in [3.63, 3.8) is 0 Å².